The van der Waals surface area contributed by atoms with Crippen molar-refractivity contribution in [3.63, 3.8) is 0 Å². The Bertz CT molecular complexity index is 1370. The summed E-state index contributed by atoms with van der Waals surface area (Å²) in [7, 11) is 1.38. The van der Waals surface area contributed by atoms with E-state index in [9.17, 15) is 27.9 Å². The number of hydrogen-bond donors (Lipinski definition) is 1. The van der Waals surface area contributed by atoms with Gasteiger partial charge in [0.25, 0.3) is 11.7 Å². The molecule has 0 aromatic heterocycles. The maximum absolute atomic E-state index is 13.4. The number of amides is 1. The highest BCUT2D eigenvalue weighted by Crippen LogP contribution is 2.44. The largest absolute Gasteiger partial charge is 0.507 e. The van der Waals surface area contributed by atoms with Crippen LogP contribution in [0.1, 0.15) is 28.3 Å². The van der Waals surface area contributed by atoms with Crippen LogP contribution in [0.25, 0.3) is 5.76 Å². The Morgan fingerprint density at radius 1 is 1.03 bits per heavy atom. The molecule has 0 spiro atoms. The monoisotopic (exact) mass is 501 g/mol. The Morgan fingerprint density at radius 2 is 1.74 bits per heavy atom. The second-order valence-corrected chi connectivity index (χ2v) is 8.33. The molecule has 1 heterocycles. The third-order valence-corrected chi connectivity index (χ3v) is 6.12. The smallest absolute Gasteiger partial charge is 0.416 e. The topological polar surface area (TPSA) is 66.8 Å². The van der Waals surface area contributed by atoms with Gasteiger partial charge in [-0.3, -0.25) is 14.5 Å². The number of aliphatic hydroxyl groups is 1. The predicted molar refractivity (Wildman–Crippen MR) is 125 cm³/mol. The summed E-state index contributed by atoms with van der Waals surface area (Å²) in [5.74, 6) is -2.35. The second-order valence-electron chi connectivity index (χ2n) is 7.92. The zero-order chi connectivity index (χ0) is 25.5. The Balaban J connectivity index is 1.98. The minimum Gasteiger partial charge on any atom is -0.507 e. The zero-order valence-electron chi connectivity index (χ0n) is 18.6. The number of ether oxygens (including phenoxy) is 1. The number of aryl methyl sites for hydroxylation is 1. The van der Waals surface area contributed by atoms with Gasteiger partial charge < -0.3 is 9.84 Å². The number of Topliss-reactive ketones (excluding diaryl/α,β-unsaturated/α-hetero) is 1. The third kappa shape index (κ3) is 4.37. The molecule has 1 unspecified atom stereocenters. The number of hydrogen-bond acceptors (Lipinski definition) is 4. The Morgan fingerprint density at radius 3 is 2.40 bits per heavy atom. The van der Waals surface area contributed by atoms with Crippen LogP contribution in [0.2, 0.25) is 5.02 Å². The number of carbonyl (C=O) groups excluding carboxylic acids is 2. The number of rotatable bonds is 4. The lowest BCUT2D eigenvalue weighted by atomic mass is 9.92. The summed E-state index contributed by atoms with van der Waals surface area (Å²) in [6.45, 7) is 1.74. The van der Waals surface area contributed by atoms with Crippen molar-refractivity contribution in [2.45, 2.75) is 19.1 Å². The number of ketones is 1. The molecule has 1 amide bonds. The maximum atomic E-state index is 13.4. The van der Waals surface area contributed by atoms with Crippen LogP contribution in [0.15, 0.2) is 72.3 Å². The number of anilines is 1. The van der Waals surface area contributed by atoms with Gasteiger partial charge in [-0.1, -0.05) is 41.9 Å². The van der Waals surface area contributed by atoms with Crippen molar-refractivity contribution >= 4 is 34.7 Å². The number of methoxy groups -OCH3 is 1. The molecule has 9 heteroatoms. The van der Waals surface area contributed by atoms with Crippen LogP contribution in [0, 0.1) is 6.92 Å². The van der Waals surface area contributed by atoms with Crippen LogP contribution in [0.4, 0.5) is 18.9 Å². The molecule has 3 aromatic carbocycles. The maximum Gasteiger partial charge on any atom is 0.416 e. The first-order valence-electron chi connectivity index (χ1n) is 10.4. The van der Waals surface area contributed by atoms with Crippen LogP contribution in [0.5, 0.6) is 5.75 Å². The first-order chi connectivity index (χ1) is 16.5. The van der Waals surface area contributed by atoms with Crippen LogP contribution in [0.3, 0.4) is 0 Å². The predicted octanol–water partition coefficient (Wildman–Crippen LogP) is 6.30. The highest BCUT2D eigenvalue weighted by Gasteiger charge is 2.47. The van der Waals surface area contributed by atoms with E-state index in [1.165, 1.54) is 31.4 Å². The Kier molecular flexibility index (Phi) is 6.34. The van der Waals surface area contributed by atoms with Crippen LogP contribution in [-0.2, 0) is 15.8 Å². The molecular formula is C26H19ClF3NO4. The molecule has 1 fully saturated rings. The molecule has 1 atom stereocenters. The van der Waals surface area contributed by atoms with E-state index in [4.69, 9.17) is 16.3 Å². The molecule has 3 aromatic rings. The normalized spacial score (nSPS) is 17.7. The molecule has 5 nitrogen and oxygen atoms in total. The van der Waals surface area contributed by atoms with E-state index in [1.54, 1.807) is 31.2 Å². The van der Waals surface area contributed by atoms with Crippen molar-refractivity contribution in [1.82, 2.24) is 0 Å². The summed E-state index contributed by atoms with van der Waals surface area (Å²) in [5, 5.41) is 11.5. The van der Waals surface area contributed by atoms with Crippen LogP contribution in [-0.4, -0.2) is 23.9 Å². The first-order valence-corrected chi connectivity index (χ1v) is 10.8. The summed E-state index contributed by atoms with van der Waals surface area (Å²) < 4.78 is 45.4. The van der Waals surface area contributed by atoms with E-state index < -0.39 is 35.2 Å². The van der Waals surface area contributed by atoms with Gasteiger partial charge in [-0.25, -0.2) is 0 Å². The molecule has 1 aliphatic heterocycles. The Hall–Kier alpha value is -3.78. The van der Waals surface area contributed by atoms with Crippen molar-refractivity contribution in [3.8, 4) is 5.75 Å². The summed E-state index contributed by atoms with van der Waals surface area (Å²) in [6, 6.07) is 14.1. The van der Waals surface area contributed by atoms with Crippen molar-refractivity contribution < 1.29 is 32.6 Å². The molecule has 0 aliphatic carbocycles. The molecule has 4 rings (SSSR count). The fourth-order valence-corrected chi connectivity index (χ4v) is 4.28. The van der Waals surface area contributed by atoms with Crippen molar-refractivity contribution in [2.24, 2.45) is 0 Å². The second kappa shape index (κ2) is 9.11. The van der Waals surface area contributed by atoms with Gasteiger partial charge in [0.2, 0.25) is 0 Å². The van der Waals surface area contributed by atoms with Gasteiger partial charge in [-0.05, 0) is 54.4 Å². The highest BCUT2D eigenvalue weighted by molar-refractivity contribution is 6.51. The zero-order valence-corrected chi connectivity index (χ0v) is 19.3. The van der Waals surface area contributed by atoms with Crippen molar-refractivity contribution in [3.05, 3.63) is 99.6 Å². The van der Waals surface area contributed by atoms with E-state index >= 15 is 0 Å². The van der Waals surface area contributed by atoms with Crippen molar-refractivity contribution in [1.29, 1.82) is 0 Å². The SMILES string of the molecule is COc1cc(/C(O)=C2\C(=O)C(=O)N(c3cccc(C(F)(F)F)c3)C2c2ccccc2C)ccc1Cl. The van der Waals surface area contributed by atoms with Gasteiger partial charge in [-0.2, -0.15) is 13.2 Å². The van der Waals surface area contributed by atoms with E-state index in [0.717, 1.165) is 23.1 Å². The van der Waals surface area contributed by atoms with Gasteiger partial charge in [0.1, 0.15) is 11.5 Å². The summed E-state index contributed by atoms with van der Waals surface area (Å²) in [5.41, 5.74) is -0.0358. The van der Waals surface area contributed by atoms with Crippen molar-refractivity contribution in [2.75, 3.05) is 12.0 Å². The van der Waals surface area contributed by atoms with E-state index in [2.05, 4.69) is 0 Å². The molecule has 1 N–H and O–H groups in total. The molecule has 1 aliphatic rings. The van der Waals surface area contributed by atoms with E-state index in [1.807, 2.05) is 0 Å². The average molecular weight is 502 g/mol. The summed E-state index contributed by atoms with van der Waals surface area (Å²) in [4.78, 5) is 27.4. The minimum absolute atomic E-state index is 0.122. The molecule has 180 valence electrons. The number of aliphatic hydroxyl groups excluding tert-OH is 1. The number of alkyl halides is 3. The number of carbonyl (C=O) groups is 2. The average Bonchev–Trinajstić information content (AvgIpc) is 3.09. The standard InChI is InChI=1S/C26H19ClF3NO4/c1-14-6-3-4-9-18(14)22-21(23(32)15-10-11-19(27)20(12-15)35-2)24(33)25(34)31(22)17-8-5-7-16(13-17)26(28,29)30/h3-13,22,32H,1-2H3/b23-21+. The third-order valence-electron chi connectivity index (χ3n) is 5.80. The molecule has 0 saturated carbocycles. The highest BCUT2D eigenvalue weighted by atomic mass is 35.5. The fourth-order valence-electron chi connectivity index (χ4n) is 4.08. The van der Waals surface area contributed by atoms with Gasteiger partial charge in [0.05, 0.1) is 29.3 Å². The van der Waals surface area contributed by atoms with Gasteiger partial charge >= 0.3 is 6.18 Å². The van der Waals surface area contributed by atoms with E-state index in [-0.39, 0.29) is 27.6 Å². The van der Waals surface area contributed by atoms with Gasteiger partial charge in [-0.15, -0.1) is 0 Å². The number of nitrogens with zero attached hydrogens (tertiary/aromatic N) is 1. The first kappa shape index (κ1) is 24.3. The quantitative estimate of drug-likeness (QED) is 0.259. The molecule has 0 radical (unpaired) electrons. The van der Waals surface area contributed by atoms with Gasteiger partial charge in [0, 0.05) is 11.3 Å². The van der Waals surface area contributed by atoms with Crippen LogP contribution < -0.4 is 9.64 Å². The summed E-state index contributed by atoms with van der Waals surface area (Å²) >= 11 is 6.07. The Labute approximate surface area is 204 Å². The molecule has 35 heavy (non-hydrogen) atoms. The molecule has 0 bridgehead atoms. The number of halogens is 4. The number of benzene rings is 3. The fraction of sp³-hybridized carbons (Fsp3) is 0.154. The van der Waals surface area contributed by atoms with Crippen LogP contribution >= 0.6 is 11.6 Å². The lowest BCUT2D eigenvalue weighted by molar-refractivity contribution is -0.137. The minimum atomic E-state index is -4.65. The van der Waals surface area contributed by atoms with Gasteiger partial charge in [0.15, 0.2) is 0 Å². The van der Waals surface area contributed by atoms with E-state index in [0.29, 0.717) is 11.1 Å². The summed E-state index contributed by atoms with van der Waals surface area (Å²) in [6.07, 6.45) is -4.65. The lowest BCUT2D eigenvalue weighted by Gasteiger charge is -2.27. The molecule has 1 saturated heterocycles. The molecular weight excluding hydrogens is 483 g/mol. The lowest BCUT2D eigenvalue weighted by Crippen LogP contribution is -2.30.